The van der Waals surface area contributed by atoms with Crippen molar-refractivity contribution in [2.75, 3.05) is 20.8 Å². The molecule has 0 spiro atoms. The van der Waals surface area contributed by atoms with Crippen molar-refractivity contribution in [2.45, 2.75) is 12.7 Å². The van der Waals surface area contributed by atoms with Crippen LogP contribution < -0.4 is 0 Å². The van der Waals surface area contributed by atoms with Gasteiger partial charge in [0.1, 0.15) is 0 Å². The van der Waals surface area contributed by atoms with Gasteiger partial charge >= 0.3 is 5.97 Å². The molecule has 0 aromatic heterocycles. The number of carbonyl (C=O) groups excluding carboxylic acids is 1. The Kier molecular flexibility index (Phi) is 3.49. The number of aliphatic hydroxyl groups excluding tert-OH is 1. The molecule has 2 rings (SSSR count). The molecule has 94 valence electrons. The molecule has 0 aromatic carbocycles. The maximum absolute atomic E-state index is 11.6. The summed E-state index contributed by atoms with van der Waals surface area (Å²) in [4.78, 5) is 11.6. The Bertz CT molecular complexity index is 371. The molecule has 3 atom stereocenters. The van der Waals surface area contributed by atoms with Crippen molar-refractivity contribution in [3.8, 4) is 0 Å². The van der Waals surface area contributed by atoms with Crippen LogP contribution >= 0.6 is 0 Å². The predicted molar refractivity (Wildman–Crippen MR) is 58.7 cm³/mol. The Hall–Kier alpha value is -1.33. The standard InChI is InChI=1S/C12H16O5/c1-15-11(14)9-6-17-12(16-2)10-7(5-13)3-4-8(9)10/h3,6,8,10,12-13H,4-5H2,1-2H3/t8-,10-,12+/m1/s1. The molecule has 1 aliphatic heterocycles. The molecule has 17 heavy (non-hydrogen) atoms. The Morgan fingerprint density at radius 3 is 2.94 bits per heavy atom. The van der Waals surface area contributed by atoms with Gasteiger partial charge in [-0.25, -0.2) is 4.79 Å². The van der Waals surface area contributed by atoms with Crippen LogP contribution in [0.2, 0.25) is 0 Å². The number of aliphatic hydroxyl groups is 1. The fraction of sp³-hybridized carbons (Fsp3) is 0.583. The number of hydrogen-bond acceptors (Lipinski definition) is 5. The van der Waals surface area contributed by atoms with E-state index < -0.39 is 6.29 Å². The minimum atomic E-state index is -0.450. The highest BCUT2D eigenvalue weighted by molar-refractivity contribution is 5.89. The lowest BCUT2D eigenvalue weighted by atomic mass is 9.83. The fourth-order valence-electron chi connectivity index (χ4n) is 2.51. The van der Waals surface area contributed by atoms with E-state index >= 15 is 0 Å². The van der Waals surface area contributed by atoms with Crippen molar-refractivity contribution in [1.29, 1.82) is 0 Å². The van der Waals surface area contributed by atoms with Crippen molar-refractivity contribution in [2.24, 2.45) is 11.8 Å². The second-order valence-electron chi connectivity index (χ2n) is 4.11. The van der Waals surface area contributed by atoms with Crippen LogP contribution in [0.3, 0.4) is 0 Å². The van der Waals surface area contributed by atoms with E-state index in [-0.39, 0.29) is 24.4 Å². The van der Waals surface area contributed by atoms with Crippen molar-refractivity contribution >= 4 is 5.97 Å². The first kappa shape index (κ1) is 12.1. The monoisotopic (exact) mass is 240 g/mol. The highest BCUT2D eigenvalue weighted by Gasteiger charge is 2.44. The van der Waals surface area contributed by atoms with Gasteiger partial charge in [-0.15, -0.1) is 0 Å². The summed E-state index contributed by atoms with van der Waals surface area (Å²) in [5.74, 6) is -0.519. The molecule has 0 aromatic rings. The number of rotatable bonds is 3. The topological polar surface area (TPSA) is 65.0 Å². The lowest BCUT2D eigenvalue weighted by molar-refractivity contribution is -0.146. The van der Waals surface area contributed by atoms with Gasteiger partial charge < -0.3 is 19.3 Å². The van der Waals surface area contributed by atoms with E-state index in [1.54, 1.807) is 7.11 Å². The average molecular weight is 240 g/mol. The summed E-state index contributed by atoms with van der Waals surface area (Å²) in [6, 6.07) is 0. The Balaban J connectivity index is 2.27. The van der Waals surface area contributed by atoms with Crippen molar-refractivity contribution in [3.05, 3.63) is 23.5 Å². The van der Waals surface area contributed by atoms with Crippen molar-refractivity contribution in [3.63, 3.8) is 0 Å². The van der Waals surface area contributed by atoms with Gasteiger partial charge in [0, 0.05) is 13.0 Å². The fourth-order valence-corrected chi connectivity index (χ4v) is 2.51. The van der Waals surface area contributed by atoms with Gasteiger partial charge in [0.15, 0.2) is 0 Å². The molecule has 0 bridgehead atoms. The average Bonchev–Trinajstić information content (AvgIpc) is 2.80. The van der Waals surface area contributed by atoms with Crippen molar-refractivity contribution in [1.82, 2.24) is 0 Å². The zero-order valence-corrected chi connectivity index (χ0v) is 9.88. The first-order chi connectivity index (χ1) is 8.22. The minimum Gasteiger partial charge on any atom is -0.471 e. The highest BCUT2D eigenvalue weighted by atomic mass is 16.7. The van der Waals surface area contributed by atoms with Crippen LogP contribution in [0.15, 0.2) is 23.5 Å². The molecule has 0 saturated heterocycles. The number of esters is 1. The summed E-state index contributed by atoms with van der Waals surface area (Å²) in [5, 5.41) is 9.29. The van der Waals surface area contributed by atoms with E-state index in [2.05, 4.69) is 0 Å². The molecular formula is C12H16O5. The van der Waals surface area contributed by atoms with Gasteiger partial charge in [-0.1, -0.05) is 6.08 Å². The Morgan fingerprint density at radius 1 is 1.59 bits per heavy atom. The molecule has 0 radical (unpaired) electrons. The van der Waals surface area contributed by atoms with Gasteiger partial charge in [0.25, 0.3) is 0 Å². The first-order valence-corrected chi connectivity index (χ1v) is 5.49. The highest BCUT2D eigenvalue weighted by Crippen LogP contribution is 2.43. The van der Waals surface area contributed by atoms with Crippen LogP contribution in [0.5, 0.6) is 0 Å². The number of hydrogen-bond donors (Lipinski definition) is 1. The normalized spacial score (nSPS) is 31.1. The molecular weight excluding hydrogens is 224 g/mol. The second kappa shape index (κ2) is 4.89. The molecule has 5 nitrogen and oxygen atoms in total. The maximum atomic E-state index is 11.6. The van der Waals surface area contributed by atoms with E-state index in [1.165, 1.54) is 13.4 Å². The third kappa shape index (κ3) is 1.96. The summed E-state index contributed by atoms with van der Waals surface area (Å²) < 4.78 is 15.3. The zero-order chi connectivity index (χ0) is 12.4. The maximum Gasteiger partial charge on any atom is 0.337 e. The van der Waals surface area contributed by atoms with Gasteiger partial charge in [0.2, 0.25) is 6.29 Å². The number of ether oxygens (including phenoxy) is 3. The van der Waals surface area contributed by atoms with Crippen LogP contribution in [0.4, 0.5) is 0 Å². The molecule has 1 heterocycles. The summed E-state index contributed by atoms with van der Waals surface area (Å²) in [6.07, 6.45) is 3.60. The predicted octanol–water partition coefficient (Wildman–Crippen LogP) is 0.601. The van der Waals surface area contributed by atoms with E-state index in [0.29, 0.717) is 12.0 Å². The van der Waals surface area contributed by atoms with E-state index in [1.807, 2.05) is 6.08 Å². The first-order valence-electron chi connectivity index (χ1n) is 5.49. The lowest BCUT2D eigenvalue weighted by Crippen LogP contribution is -2.36. The van der Waals surface area contributed by atoms with Gasteiger partial charge in [-0.3, -0.25) is 0 Å². The molecule has 0 amide bonds. The van der Waals surface area contributed by atoms with Crippen LogP contribution in [-0.4, -0.2) is 38.2 Å². The molecule has 0 fully saturated rings. The van der Waals surface area contributed by atoms with Gasteiger partial charge in [-0.2, -0.15) is 0 Å². The SMILES string of the molecule is COC(=O)C1=CO[C@H](OC)[C@@H]2C(CO)=CC[C@H]12. The van der Waals surface area contributed by atoms with E-state index in [9.17, 15) is 9.90 Å². The minimum absolute atomic E-state index is 0.0247. The van der Waals surface area contributed by atoms with Crippen LogP contribution in [0.1, 0.15) is 6.42 Å². The van der Waals surface area contributed by atoms with Crippen LogP contribution in [0.25, 0.3) is 0 Å². The number of methoxy groups -OCH3 is 2. The molecule has 2 aliphatic rings. The third-order valence-corrected chi connectivity index (χ3v) is 3.35. The number of carbonyl (C=O) groups is 1. The van der Waals surface area contributed by atoms with Crippen LogP contribution in [-0.2, 0) is 19.0 Å². The van der Waals surface area contributed by atoms with Crippen molar-refractivity contribution < 1.29 is 24.1 Å². The van der Waals surface area contributed by atoms with E-state index in [4.69, 9.17) is 14.2 Å². The third-order valence-electron chi connectivity index (χ3n) is 3.35. The van der Waals surface area contributed by atoms with E-state index in [0.717, 1.165) is 5.57 Å². The summed E-state index contributed by atoms with van der Waals surface area (Å²) in [5.41, 5.74) is 1.36. The largest absolute Gasteiger partial charge is 0.471 e. The zero-order valence-electron chi connectivity index (χ0n) is 9.88. The Morgan fingerprint density at radius 2 is 2.35 bits per heavy atom. The quantitative estimate of drug-likeness (QED) is 0.578. The summed E-state index contributed by atoms with van der Waals surface area (Å²) in [6.45, 7) is -0.0428. The smallest absolute Gasteiger partial charge is 0.337 e. The van der Waals surface area contributed by atoms with Gasteiger partial charge in [-0.05, 0) is 12.0 Å². The molecule has 5 heteroatoms. The molecule has 1 aliphatic carbocycles. The Labute approximate surface area is 99.7 Å². The van der Waals surface area contributed by atoms with Crippen LogP contribution in [0, 0.1) is 11.8 Å². The lowest BCUT2D eigenvalue weighted by Gasteiger charge is -2.33. The summed E-state index contributed by atoms with van der Waals surface area (Å²) in [7, 11) is 2.89. The number of fused-ring (bicyclic) bond motifs is 1. The molecule has 1 N–H and O–H groups in total. The summed E-state index contributed by atoms with van der Waals surface area (Å²) >= 11 is 0. The van der Waals surface area contributed by atoms with Gasteiger partial charge in [0.05, 0.1) is 31.5 Å². The second-order valence-corrected chi connectivity index (χ2v) is 4.11. The molecule has 0 saturated carbocycles. The molecule has 0 unspecified atom stereocenters. The number of allylic oxidation sites excluding steroid dienone is 1.